The maximum Gasteiger partial charge on any atom is 0.337 e. The monoisotopic (exact) mass is 576 g/mol. The van der Waals surface area contributed by atoms with E-state index in [1.54, 1.807) is 59.5 Å². The number of amides is 2. The first-order valence-corrected chi connectivity index (χ1v) is 14.1. The van der Waals surface area contributed by atoms with E-state index >= 15 is 0 Å². The van der Waals surface area contributed by atoms with Gasteiger partial charge in [0.1, 0.15) is 6.04 Å². The quantitative estimate of drug-likeness (QED) is 0.352. The third-order valence-corrected chi connectivity index (χ3v) is 8.32. The number of likely N-dealkylation sites (tertiary alicyclic amines) is 1. The van der Waals surface area contributed by atoms with Crippen LogP contribution in [0.3, 0.4) is 0 Å². The molecule has 41 heavy (non-hydrogen) atoms. The molecule has 2 atom stereocenters. The Labute approximate surface area is 246 Å². The van der Waals surface area contributed by atoms with Crippen molar-refractivity contribution in [2.24, 2.45) is 11.3 Å². The Bertz CT molecular complexity index is 1420. The molecule has 4 rings (SSSR count). The van der Waals surface area contributed by atoms with Crippen molar-refractivity contribution >= 4 is 29.4 Å². The molecule has 0 spiro atoms. The molecule has 8 heteroatoms. The highest BCUT2D eigenvalue weighted by Crippen LogP contribution is 2.46. The van der Waals surface area contributed by atoms with Crippen LogP contribution in [0.15, 0.2) is 72.8 Å². The maximum absolute atomic E-state index is 13.8. The third kappa shape index (κ3) is 6.31. The van der Waals surface area contributed by atoms with Gasteiger partial charge < -0.3 is 20.1 Å². The molecule has 3 aromatic carbocycles. The predicted molar refractivity (Wildman–Crippen MR) is 160 cm³/mol. The van der Waals surface area contributed by atoms with Crippen LogP contribution in [0.4, 0.5) is 0 Å². The second-order valence-electron chi connectivity index (χ2n) is 11.6. The largest absolute Gasteiger partial charge is 0.465 e. The normalized spacial score (nSPS) is 19.0. The van der Waals surface area contributed by atoms with Crippen molar-refractivity contribution in [2.75, 3.05) is 20.2 Å². The number of ether oxygens (including phenoxy) is 1. The summed E-state index contributed by atoms with van der Waals surface area (Å²) < 4.78 is 4.76. The van der Waals surface area contributed by atoms with Crippen LogP contribution in [-0.2, 0) is 15.1 Å². The van der Waals surface area contributed by atoms with Crippen molar-refractivity contribution in [3.8, 4) is 11.1 Å². The van der Waals surface area contributed by atoms with Crippen LogP contribution in [0, 0.1) is 11.3 Å². The highest BCUT2D eigenvalue weighted by Gasteiger charge is 2.50. The summed E-state index contributed by atoms with van der Waals surface area (Å²) in [6, 6.07) is 20.6. The van der Waals surface area contributed by atoms with Gasteiger partial charge in [-0.25, -0.2) is 4.79 Å². The van der Waals surface area contributed by atoms with Crippen LogP contribution in [0.5, 0.6) is 0 Å². The van der Waals surface area contributed by atoms with Crippen LogP contribution in [0.25, 0.3) is 11.1 Å². The Morgan fingerprint density at radius 3 is 2.20 bits per heavy atom. The SMILES string of the molecule is COC(=O)c1ccc(-c2cccc(C(=O)NC(C(=O)N3CCC(O)(c4ccc(Cl)cc4)C(C)(C)C3)C(C)C)c2)cc1. The number of benzene rings is 3. The molecule has 1 fully saturated rings. The first-order chi connectivity index (χ1) is 19.4. The molecule has 0 saturated carbocycles. The lowest BCUT2D eigenvalue weighted by atomic mass is 9.66. The van der Waals surface area contributed by atoms with Gasteiger partial charge in [0.05, 0.1) is 18.3 Å². The lowest BCUT2D eigenvalue weighted by Crippen LogP contribution is -2.60. The fraction of sp³-hybridized carbons (Fsp3) is 0.364. The van der Waals surface area contributed by atoms with Crippen LogP contribution in [-0.4, -0.2) is 54.0 Å². The zero-order valence-electron chi connectivity index (χ0n) is 24.1. The Morgan fingerprint density at radius 2 is 1.61 bits per heavy atom. The number of hydrogen-bond acceptors (Lipinski definition) is 5. The summed E-state index contributed by atoms with van der Waals surface area (Å²) in [7, 11) is 1.33. The van der Waals surface area contributed by atoms with E-state index in [9.17, 15) is 19.5 Å². The predicted octanol–water partition coefficient (Wildman–Crippen LogP) is 5.69. The van der Waals surface area contributed by atoms with Crippen molar-refractivity contribution in [2.45, 2.75) is 45.8 Å². The Kier molecular flexibility index (Phi) is 8.90. The summed E-state index contributed by atoms with van der Waals surface area (Å²) in [6.07, 6.45) is 0.364. The molecule has 1 aliphatic heterocycles. The fourth-order valence-electron chi connectivity index (χ4n) is 5.46. The van der Waals surface area contributed by atoms with Crippen LogP contribution < -0.4 is 5.32 Å². The number of methoxy groups -OCH3 is 1. The second kappa shape index (κ2) is 12.0. The summed E-state index contributed by atoms with van der Waals surface area (Å²) in [4.78, 5) is 40.6. The van der Waals surface area contributed by atoms with E-state index in [2.05, 4.69) is 5.32 Å². The Hall–Kier alpha value is -3.68. The minimum absolute atomic E-state index is 0.152. The van der Waals surface area contributed by atoms with E-state index in [0.29, 0.717) is 35.7 Å². The Balaban J connectivity index is 1.49. The van der Waals surface area contributed by atoms with Gasteiger partial charge in [0.25, 0.3) is 5.91 Å². The van der Waals surface area contributed by atoms with Gasteiger partial charge in [-0.05, 0) is 65.4 Å². The molecule has 2 amide bonds. The minimum atomic E-state index is -1.12. The number of nitrogens with one attached hydrogen (secondary N) is 1. The van der Waals surface area contributed by atoms with Gasteiger partial charge in [-0.3, -0.25) is 9.59 Å². The number of carbonyl (C=O) groups excluding carboxylic acids is 3. The molecule has 1 saturated heterocycles. The molecule has 2 N–H and O–H groups in total. The maximum atomic E-state index is 13.8. The topological polar surface area (TPSA) is 95.9 Å². The summed E-state index contributed by atoms with van der Waals surface area (Å²) >= 11 is 6.06. The van der Waals surface area contributed by atoms with Gasteiger partial charge in [0.2, 0.25) is 5.91 Å². The summed E-state index contributed by atoms with van der Waals surface area (Å²) in [5.74, 6) is -1.09. The van der Waals surface area contributed by atoms with Gasteiger partial charge in [-0.2, -0.15) is 0 Å². The number of halogens is 1. The number of nitrogens with zero attached hydrogens (tertiary/aromatic N) is 1. The van der Waals surface area contributed by atoms with Crippen LogP contribution >= 0.6 is 11.6 Å². The molecule has 1 heterocycles. The molecule has 216 valence electrons. The van der Waals surface area contributed by atoms with Crippen molar-refractivity contribution in [1.29, 1.82) is 0 Å². The smallest absolute Gasteiger partial charge is 0.337 e. The van der Waals surface area contributed by atoms with Crippen molar-refractivity contribution in [1.82, 2.24) is 10.2 Å². The van der Waals surface area contributed by atoms with Crippen molar-refractivity contribution in [3.63, 3.8) is 0 Å². The molecular weight excluding hydrogens is 540 g/mol. The zero-order valence-corrected chi connectivity index (χ0v) is 24.9. The van der Waals surface area contributed by atoms with Gasteiger partial charge in [-0.15, -0.1) is 0 Å². The van der Waals surface area contributed by atoms with E-state index in [1.165, 1.54) is 7.11 Å². The van der Waals surface area contributed by atoms with E-state index in [1.807, 2.05) is 45.9 Å². The fourth-order valence-corrected chi connectivity index (χ4v) is 5.59. The average molecular weight is 577 g/mol. The second-order valence-corrected chi connectivity index (χ2v) is 12.0. The van der Waals surface area contributed by atoms with Crippen LogP contribution in [0.1, 0.15) is 60.4 Å². The van der Waals surface area contributed by atoms with Gasteiger partial charge >= 0.3 is 5.97 Å². The number of rotatable bonds is 7. The van der Waals surface area contributed by atoms with Gasteiger partial charge in [0.15, 0.2) is 0 Å². The Morgan fingerprint density at radius 1 is 0.951 bits per heavy atom. The highest BCUT2D eigenvalue weighted by atomic mass is 35.5. The number of hydrogen-bond donors (Lipinski definition) is 2. The number of aliphatic hydroxyl groups is 1. The summed E-state index contributed by atoms with van der Waals surface area (Å²) in [5, 5.41) is 15.3. The van der Waals surface area contributed by atoms with E-state index < -0.39 is 23.0 Å². The highest BCUT2D eigenvalue weighted by molar-refractivity contribution is 6.30. The van der Waals surface area contributed by atoms with Crippen molar-refractivity contribution < 1.29 is 24.2 Å². The third-order valence-electron chi connectivity index (χ3n) is 8.07. The molecule has 0 aromatic heterocycles. The summed E-state index contributed by atoms with van der Waals surface area (Å²) in [6.45, 7) is 8.40. The van der Waals surface area contributed by atoms with E-state index in [-0.39, 0.29) is 17.7 Å². The van der Waals surface area contributed by atoms with Crippen LogP contribution in [0.2, 0.25) is 5.02 Å². The molecule has 7 nitrogen and oxygen atoms in total. The zero-order chi connectivity index (χ0) is 29.9. The molecule has 0 radical (unpaired) electrons. The minimum Gasteiger partial charge on any atom is -0.465 e. The van der Waals surface area contributed by atoms with Gasteiger partial charge in [0, 0.05) is 29.1 Å². The number of carbonyl (C=O) groups is 3. The van der Waals surface area contributed by atoms with Gasteiger partial charge in [-0.1, -0.05) is 75.7 Å². The summed E-state index contributed by atoms with van der Waals surface area (Å²) in [5.41, 5.74) is 1.52. The molecule has 0 bridgehead atoms. The van der Waals surface area contributed by atoms with Crippen molar-refractivity contribution in [3.05, 3.63) is 94.5 Å². The lowest BCUT2D eigenvalue weighted by molar-refractivity contribution is -0.155. The first kappa shape index (κ1) is 30.3. The molecule has 1 aliphatic rings. The number of esters is 1. The first-order valence-electron chi connectivity index (χ1n) is 13.7. The number of piperidine rings is 1. The van der Waals surface area contributed by atoms with E-state index in [4.69, 9.17) is 16.3 Å². The molecule has 2 unspecified atom stereocenters. The average Bonchev–Trinajstić information content (AvgIpc) is 2.96. The lowest BCUT2D eigenvalue weighted by Gasteiger charge is -2.51. The molecule has 0 aliphatic carbocycles. The standard InChI is InChI=1S/C33H37ClN2O5/c1-21(2)28(30(38)36-18-17-33(40,32(3,4)20-36)26-13-15-27(34)16-14-26)35-29(37)25-8-6-7-24(19-25)22-9-11-23(12-10-22)31(39)41-5/h6-16,19,21,28,40H,17-18,20H2,1-5H3,(H,35,37). The molecular formula is C33H37ClN2O5. The van der Waals surface area contributed by atoms with E-state index in [0.717, 1.165) is 16.7 Å². The molecule has 3 aromatic rings.